The number of amides is 1. The van der Waals surface area contributed by atoms with E-state index in [9.17, 15) is 13.6 Å². The number of carbonyl (C=O) groups is 1. The highest BCUT2D eigenvalue weighted by Gasteiger charge is 2.29. The van der Waals surface area contributed by atoms with Crippen LogP contribution in [0.2, 0.25) is 0 Å². The van der Waals surface area contributed by atoms with Gasteiger partial charge in [-0.05, 0) is 37.8 Å². The molecule has 1 heterocycles. The Morgan fingerprint density at radius 3 is 2.60 bits per heavy atom. The number of likely N-dealkylation sites (tertiary alicyclic amines) is 1. The van der Waals surface area contributed by atoms with Gasteiger partial charge in [-0.25, -0.2) is 8.78 Å². The molecule has 1 aromatic rings. The molecule has 1 amide bonds. The van der Waals surface area contributed by atoms with Crippen LogP contribution in [0.3, 0.4) is 0 Å². The van der Waals surface area contributed by atoms with E-state index in [-0.39, 0.29) is 18.2 Å². The maximum atomic E-state index is 13.3. The molecule has 0 bridgehead atoms. The maximum Gasteiger partial charge on any atom is 0.254 e. The predicted octanol–water partition coefficient (Wildman–Crippen LogP) is 2.05. The van der Waals surface area contributed by atoms with Crippen LogP contribution in [0.5, 0.6) is 5.75 Å². The number of hydrogen-bond acceptors (Lipinski definition) is 3. The average molecular weight is 285 g/mol. The predicted molar refractivity (Wildman–Crippen MR) is 68.4 cm³/mol. The van der Waals surface area contributed by atoms with Crippen molar-refractivity contribution >= 4 is 5.91 Å². The van der Waals surface area contributed by atoms with Crippen LogP contribution in [0.4, 0.5) is 8.78 Å². The highest BCUT2D eigenvalue weighted by molar-refractivity contribution is 5.94. The van der Waals surface area contributed by atoms with E-state index in [2.05, 4.69) is 0 Å². The lowest BCUT2D eigenvalue weighted by molar-refractivity contribution is 0.0723. The second kappa shape index (κ2) is 6.17. The van der Waals surface area contributed by atoms with Gasteiger partial charge in [-0.15, -0.1) is 0 Å². The van der Waals surface area contributed by atoms with Gasteiger partial charge in [-0.2, -0.15) is 0 Å². The number of rotatable bonds is 4. The monoisotopic (exact) mass is 285 g/mol. The second-order valence-electron chi connectivity index (χ2n) is 4.95. The Morgan fingerprint density at radius 1 is 1.35 bits per heavy atom. The fraction of sp³-hybridized carbons (Fsp3) is 0.500. The molecule has 0 radical (unpaired) electrons. The van der Waals surface area contributed by atoms with Crippen molar-refractivity contribution in [1.29, 1.82) is 0 Å². The van der Waals surface area contributed by atoms with Gasteiger partial charge in [0.15, 0.2) is 17.4 Å². The van der Waals surface area contributed by atoms with Gasteiger partial charge in [-0.3, -0.25) is 4.79 Å². The third-order valence-corrected chi connectivity index (χ3v) is 3.60. The molecular weight excluding hydrogens is 268 g/mol. The van der Waals surface area contributed by atoms with E-state index in [1.165, 1.54) is 0 Å². The quantitative estimate of drug-likeness (QED) is 0.890. The van der Waals surface area contributed by atoms with E-state index in [4.69, 9.17) is 10.2 Å². The van der Waals surface area contributed by atoms with Gasteiger partial charge < -0.3 is 15.1 Å². The zero-order chi connectivity index (χ0) is 14.7. The van der Waals surface area contributed by atoms with Gasteiger partial charge in [0.25, 0.3) is 5.91 Å². The second-order valence-corrected chi connectivity index (χ2v) is 4.95. The lowest BCUT2D eigenvalue weighted by Gasteiger charge is -2.24. The fourth-order valence-corrected chi connectivity index (χ4v) is 2.58. The molecule has 6 heteroatoms. The van der Waals surface area contributed by atoms with Gasteiger partial charge >= 0.3 is 0 Å². The molecule has 1 fully saturated rings. The third-order valence-electron chi connectivity index (χ3n) is 3.60. The van der Waals surface area contributed by atoms with Gasteiger partial charge in [-0.1, -0.05) is 0 Å². The normalized spacial score (nSPS) is 18.6. The number of phenolic OH excluding ortho intramolecular Hbond substituents is 1. The molecule has 2 rings (SSSR count). The maximum absolute atomic E-state index is 13.3. The summed E-state index contributed by atoms with van der Waals surface area (Å²) in [6.07, 6.45) is 2.93. The molecule has 0 saturated carbocycles. The molecule has 110 valence electrons. The van der Waals surface area contributed by atoms with Crippen LogP contribution in [0.25, 0.3) is 0 Å². The lowest BCUT2D eigenvalue weighted by atomic mass is 10.1. The molecule has 1 aliphatic heterocycles. The molecule has 1 aromatic carbocycles. The third kappa shape index (κ3) is 2.90. The summed E-state index contributed by atoms with van der Waals surface area (Å²) in [4.78, 5) is 13.9. The van der Waals surface area contributed by atoms with Crippen LogP contribution in [0.1, 0.15) is 36.0 Å². The molecule has 0 spiro atoms. The summed E-state index contributed by atoms with van der Waals surface area (Å²) in [6, 6.07) is 1.69. The summed E-state index contributed by atoms with van der Waals surface area (Å²) in [6.45, 7) is 0.597. The number of aliphatic hydroxyl groups excluding tert-OH is 1. The lowest BCUT2D eigenvalue weighted by Crippen LogP contribution is -2.35. The number of phenols is 1. The Morgan fingerprint density at radius 2 is 2.00 bits per heavy atom. The van der Waals surface area contributed by atoms with Gasteiger partial charge in [0.2, 0.25) is 0 Å². The van der Waals surface area contributed by atoms with Gasteiger partial charge in [0.05, 0.1) is 0 Å². The Hall–Kier alpha value is -1.69. The van der Waals surface area contributed by atoms with Gasteiger partial charge in [0.1, 0.15) is 0 Å². The Balaban J connectivity index is 2.18. The molecule has 1 saturated heterocycles. The zero-order valence-corrected chi connectivity index (χ0v) is 11.0. The molecule has 1 unspecified atom stereocenters. The van der Waals surface area contributed by atoms with E-state index in [1.807, 2.05) is 0 Å². The molecule has 0 aromatic heterocycles. The van der Waals surface area contributed by atoms with Crippen LogP contribution in [-0.2, 0) is 0 Å². The Bertz CT molecular complexity index is 484. The van der Waals surface area contributed by atoms with Gasteiger partial charge in [0, 0.05) is 24.8 Å². The number of hydrogen-bond donors (Lipinski definition) is 2. The number of halogens is 2. The first kappa shape index (κ1) is 14.7. The van der Waals surface area contributed by atoms with E-state index < -0.39 is 23.3 Å². The van der Waals surface area contributed by atoms with Crippen molar-refractivity contribution in [1.82, 2.24) is 4.90 Å². The first-order valence-corrected chi connectivity index (χ1v) is 6.64. The molecular formula is C14H17F2NO3. The standard InChI is InChI=1S/C14H17F2NO3/c15-11-7-9(8-12(16)13(11)19)14(20)17-5-1-3-10(17)4-2-6-18/h7-8,10,18-19H,1-6H2. The van der Waals surface area contributed by atoms with Crippen molar-refractivity contribution in [3.63, 3.8) is 0 Å². The van der Waals surface area contributed by atoms with E-state index in [0.717, 1.165) is 25.0 Å². The van der Waals surface area contributed by atoms with E-state index in [1.54, 1.807) is 4.90 Å². The minimum atomic E-state index is -1.14. The van der Waals surface area contributed by atoms with Crippen molar-refractivity contribution < 1.29 is 23.8 Å². The smallest absolute Gasteiger partial charge is 0.254 e. The van der Waals surface area contributed by atoms with Crippen LogP contribution in [0, 0.1) is 11.6 Å². The summed E-state index contributed by atoms with van der Waals surface area (Å²) in [5.41, 5.74) is -0.103. The van der Waals surface area contributed by atoms with Crippen molar-refractivity contribution in [3.05, 3.63) is 29.3 Å². The van der Waals surface area contributed by atoms with Crippen LogP contribution in [0.15, 0.2) is 12.1 Å². The molecule has 20 heavy (non-hydrogen) atoms. The van der Waals surface area contributed by atoms with Crippen molar-refractivity contribution in [2.45, 2.75) is 31.7 Å². The van der Waals surface area contributed by atoms with Crippen LogP contribution >= 0.6 is 0 Å². The molecule has 2 N–H and O–H groups in total. The summed E-state index contributed by atoms with van der Waals surface area (Å²) in [5.74, 6) is -3.79. The summed E-state index contributed by atoms with van der Waals surface area (Å²) >= 11 is 0. The Labute approximate surface area is 115 Å². The van der Waals surface area contributed by atoms with E-state index >= 15 is 0 Å². The van der Waals surface area contributed by atoms with Crippen molar-refractivity contribution in [2.75, 3.05) is 13.2 Å². The zero-order valence-electron chi connectivity index (χ0n) is 11.0. The molecule has 4 nitrogen and oxygen atoms in total. The SMILES string of the molecule is O=C(c1cc(F)c(O)c(F)c1)N1CCCC1CCCO. The minimum absolute atomic E-state index is 0.00502. The van der Waals surface area contributed by atoms with E-state index in [0.29, 0.717) is 19.4 Å². The number of carbonyl (C=O) groups excluding carboxylic acids is 1. The van der Waals surface area contributed by atoms with Crippen LogP contribution < -0.4 is 0 Å². The largest absolute Gasteiger partial charge is 0.503 e. The number of benzene rings is 1. The first-order valence-electron chi connectivity index (χ1n) is 6.64. The van der Waals surface area contributed by atoms with Crippen LogP contribution in [-0.4, -0.2) is 40.2 Å². The summed E-state index contributed by atoms with van der Waals surface area (Å²) in [5, 5.41) is 17.9. The topological polar surface area (TPSA) is 60.8 Å². The molecule has 1 atom stereocenters. The molecule has 1 aliphatic rings. The van der Waals surface area contributed by atoms with Crippen molar-refractivity contribution in [2.24, 2.45) is 0 Å². The fourth-order valence-electron chi connectivity index (χ4n) is 2.58. The number of aliphatic hydroxyl groups is 1. The number of nitrogens with zero attached hydrogens (tertiary/aromatic N) is 1. The summed E-state index contributed by atoms with van der Waals surface area (Å²) < 4.78 is 26.6. The Kier molecular flexibility index (Phi) is 4.54. The highest BCUT2D eigenvalue weighted by Crippen LogP contribution is 2.26. The average Bonchev–Trinajstić information content (AvgIpc) is 2.89. The van der Waals surface area contributed by atoms with Crippen molar-refractivity contribution in [3.8, 4) is 5.75 Å². The first-order chi connectivity index (χ1) is 9.54. The molecule has 0 aliphatic carbocycles. The minimum Gasteiger partial charge on any atom is -0.503 e. The highest BCUT2D eigenvalue weighted by atomic mass is 19.1. The summed E-state index contributed by atoms with van der Waals surface area (Å²) in [7, 11) is 0. The number of aromatic hydroxyl groups is 1.